The number of rotatable bonds is 9. The number of aromatic nitrogens is 8. The van der Waals surface area contributed by atoms with Crippen LogP contribution in [0.15, 0.2) is 129 Å². The highest BCUT2D eigenvalue weighted by atomic mass is 14.9. The minimum absolute atomic E-state index is 0.0142. The summed E-state index contributed by atoms with van der Waals surface area (Å²) in [5.41, 5.74) is 11.1. The average Bonchev–Trinajstić information content (AvgIpc) is 0.785. The first-order valence-corrected chi connectivity index (χ1v) is 23.5. The van der Waals surface area contributed by atoms with Crippen LogP contribution in [0.5, 0.6) is 0 Å². The van der Waals surface area contributed by atoms with Crippen LogP contribution in [0.4, 0.5) is 0 Å². The molecule has 0 aliphatic rings. The lowest BCUT2D eigenvalue weighted by Gasteiger charge is -2.11. The fourth-order valence-electron chi connectivity index (χ4n) is 7.77. The van der Waals surface area contributed by atoms with Crippen LogP contribution in [-0.4, -0.2) is 19.9 Å². The molecule has 0 aliphatic carbocycles. The Labute approximate surface area is 476 Å². The average molecular weight is 1010 g/mol. The molecule has 0 fully saturated rings. The summed E-state index contributed by atoms with van der Waals surface area (Å²) in [6.07, 6.45) is 14.7. The van der Waals surface area contributed by atoms with E-state index in [1.807, 2.05) is 30.7 Å². The van der Waals surface area contributed by atoms with E-state index in [4.69, 9.17) is 35.6 Å². The molecule has 382 valence electrons. The molecule has 0 aromatic carbocycles. The summed E-state index contributed by atoms with van der Waals surface area (Å²) in [6.45, 7) is -2.66. The van der Waals surface area contributed by atoms with Crippen molar-refractivity contribution in [1.29, 1.82) is 0 Å². The van der Waals surface area contributed by atoms with Gasteiger partial charge in [-0.15, -0.1) is 0 Å². The molecule has 5 atom stereocenters. The summed E-state index contributed by atoms with van der Waals surface area (Å²) >= 11 is 0. The Balaban J connectivity index is 0.000000239. The van der Waals surface area contributed by atoms with Gasteiger partial charge in [-0.2, -0.15) is 0 Å². The normalized spacial score (nSPS) is 21.5. The first kappa shape index (κ1) is 30.4. The highest BCUT2D eigenvalue weighted by Gasteiger charge is 2.19. The predicted molar refractivity (Wildman–Crippen MR) is 302 cm³/mol. The molecule has 0 amide bonds. The molecule has 8 aromatic heterocycles. The summed E-state index contributed by atoms with van der Waals surface area (Å²) in [5, 5.41) is 0. The zero-order valence-corrected chi connectivity index (χ0v) is 44.2. The van der Waals surface area contributed by atoms with Gasteiger partial charge in [0.05, 0.1) is 22.3 Å². The van der Waals surface area contributed by atoms with Gasteiger partial charge in [0.1, 0.15) is 28.2 Å². The van der Waals surface area contributed by atoms with Crippen LogP contribution in [0.3, 0.4) is 0 Å². The second-order valence-electron chi connectivity index (χ2n) is 18.1. The number of aryl methyl sites for hydroxylation is 10. The third kappa shape index (κ3) is 15.1. The van der Waals surface area contributed by atoms with E-state index in [0.29, 0.717) is 50.3 Å². The fourth-order valence-corrected chi connectivity index (χ4v) is 7.77. The molecule has 0 saturated carbocycles. The highest BCUT2D eigenvalue weighted by Crippen LogP contribution is 2.27. The molecule has 8 heterocycles. The molecule has 8 nitrogen and oxygen atoms in total. The second-order valence-corrected chi connectivity index (χ2v) is 18.1. The molecule has 8 aromatic rings. The van der Waals surface area contributed by atoms with Gasteiger partial charge in [0.2, 0.25) is 22.8 Å². The highest BCUT2D eigenvalue weighted by molar-refractivity contribution is 5.63. The lowest BCUT2D eigenvalue weighted by molar-refractivity contribution is -0.661. The summed E-state index contributed by atoms with van der Waals surface area (Å²) in [5.74, 6) is -8.73. The molecular weight excluding hydrogens is 893 g/mol. The maximum Gasteiger partial charge on any atom is 0.214 e. The van der Waals surface area contributed by atoms with Gasteiger partial charge in [-0.1, -0.05) is 68.9 Å². The monoisotopic (exact) mass is 1000 g/mol. The van der Waals surface area contributed by atoms with Crippen molar-refractivity contribution in [2.75, 3.05) is 0 Å². The quantitative estimate of drug-likeness (QED) is 0.135. The predicted octanol–water partition coefficient (Wildman–Crippen LogP) is 13.8. The van der Waals surface area contributed by atoms with Gasteiger partial charge in [-0.25, -0.2) is 18.3 Å². The maximum atomic E-state index is 8.31. The Bertz CT molecular complexity index is 4200. The number of pyridine rings is 8. The van der Waals surface area contributed by atoms with Gasteiger partial charge >= 0.3 is 0 Å². The van der Waals surface area contributed by atoms with Crippen LogP contribution in [0.1, 0.15) is 196 Å². The summed E-state index contributed by atoms with van der Waals surface area (Å²) in [7, 11) is 7.19. The Kier molecular flexibility index (Phi) is 10.7. The Morgan fingerprint density at radius 3 is 1.22 bits per heavy atom. The standard InChI is InChI=1S/C18H25N2.2C16H21N2.C15H19N2/c1-12(2)15-7-8-20(6)18(10-15)16-11-19-17(13(3)4)9-14(16)5;1-11(2)14-6-7-16(18(5)10-14)15-9-17-13(4)8-12(15)3;1-11(2)14-6-7-18(5)16(9-14)15-10-17-13(4)8-12(15)3;1-11(2)13-5-6-15(17(4)10-13)14-9-16-8-7-12(14)3/h7-13H,1-6H3;2*6-11H,1-5H3;5-11H,1-4H3/q4*+1/i1D3,3D3,12D,13D;2*1D3,4D3,11D;1D3,11D. The van der Waals surface area contributed by atoms with E-state index in [1.54, 1.807) is 141 Å². The molecule has 0 radical (unpaired) electrons. The van der Waals surface area contributed by atoms with Crippen molar-refractivity contribution in [3.05, 3.63) is 190 Å². The van der Waals surface area contributed by atoms with Crippen LogP contribution in [0.25, 0.3) is 45.0 Å². The van der Waals surface area contributed by atoms with Crippen molar-refractivity contribution in [3.63, 3.8) is 0 Å². The number of hydrogen-bond donors (Lipinski definition) is 0. The molecule has 8 rings (SSSR count). The van der Waals surface area contributed by atoms with Crippen molar-refractivity contribution in [3.8, 4) is 45.0 Å². The van der Waals surface area contributed by atoms with Gasteiger partial charge in [0.25, 0.3) is 0 Å². The molecular formula is C65H86N8+4. The Morgan fingerprint density at radius 2 is 0.822 bits per heavy atom. The molecule has 0 saturated heterocycles. The molecule has 0 N–H and O–H groups in total. The molecule has 0 spiro atoms. The number of hydrogen-bond acceptors (Lipinski definition) is 4. The largest absolute Gasteiger partial charge is 0.264 e. The van der Waals surface area contributed by atoms with Gasteiger partial charge < -0.3 is 0 Å². The molecule has 8 heteroatoms. The maximum absolute atomic E-state index is 8.31. The third-order valence-electron chi connectivity index (χ3n) is 12.2. The van der Waals surface area contributed by atoms with Crippen molar-refractivity contribution in [2.45, 2.75) is 140 Å². The van der Waals surface area contributed by atoms with E-state index >= 15 is 0 Å². The zero-order valence-electron chi connectivity index (χ0n) is 70.2. The molecule has 5 unspecified atom stereocenters. The van der Waals surface area contributed by atoms with E-state index in [2.05, 4.69) is 19.9 Å². The van der Waals surface area contributed by atoms with Gasteiger partial charge in [-0.3, -0.25) is 19.9 Å². The SMILES string of the molecule is [2H]C([2H])([2H])C([2H])(C)c1cc[n+](C)c(-c2cnc(C([2H])(C)C([2H])([2H])[2H])cc2C)c1.[2H]C([2H])([2H])C([2H])(C)c1ccc(-c2cnccc2C)[n+](C)c1.[2H]C([2H])([2H])c1cc(C)c(-c2cc(C([2H])(C)C([2H])([2H])[2H])cc[n+]2C)cn1.[2H]C([2H])([2H])c1cc(C)c(-c2ccc(C([2H])(C)C([2H])([2H])[2H])c[n+]2C)cn1. The van der Waals surface area contributed by atoms with E-state index in [-0.39, 0.29) is 17.1 Å². The Morgan fingerprint density at radius 1 is 0.411 bits per heavy atom. The summed E-state index contributed by atoms with van der Waals surface area (Å²) in [6, 6.07) is 20.0. The molecule has 0 aliphatic heterocycles. The first-order valence-electron chi connectivity index (χ1n) is 36.5. The van der Waals surface area contributed by atoms with Gasteiger partial charge in [-0.05, 0) is 141 Å². The van der Waals surface area contributed by atoms with Crippen LogP contribution in [0, 0.1) is 41.4 Å². The van der Waals surface area contributed by atoms with E-state index in [9.17, 15) is 0 Å². The van der Waals surface area contributed by atoms with Crippen LogP contribution in [0.2, 0.25) is 0 Å². The smallest absolute Gasteiger partial charge is 0.214 e. The zero-order chi connectivity index (χ0) is 76.0. The topological polar surface area (TPSA) is 67.1 Å². The lowest BCUT2D eigenvalue weighted by Crippen LogP contribution is -2.31. The fraction of sp³-hybridized carbons (Fsp3) is 0.385. The molecule has 73 heavy (non-hydrogen) atoms. The van der Waals surface area contributed by atoms with Crippen molar-refractivity contribution in [2.24, 2.45) is 28.2 Å². The summed E-state index contributed by atoms with van der Waals surface area (Å²) in [4.78, 5) is 16.4. The van der Waals surface area contributed by atoms with Crippen molar-refractivity contribution >= 4 is 0 Å². The van der Waals surface area contributed by atoms with Crippen LogP contribution in [-0.2, 0) is 28.2 Å². The number of nitrogens with zero attached hydrogens (tertiary/aromatic N) is 8. The van der Waals surface area contributed by atoms with Crippen LogP contribution < -0.4 is 18.3 Å². The lowest BCUT2D eigenvalue weighted by atomic mass is 9.99. The second kappa shape index (κ2) is 25.7. The van der Waals surface area contributed by atoms with E-state index < -0.39 is 77.4 Å². The van der Waals surface area contributed by atoms with Crippen molar-refractivity contribution < 1.29 is 53.9 Å². The minimum Gasteiger partial charge on any atom is -0.264 e. The van der Waals surface area contributed by atoms with E-state index in [0.717, 1.165) is 39.2 Å². The third-order valence-corrected chi connectivity index (χ3v) is 12.2. The Hall–Kier alpha value is -6.80. The minimum atomic E-state index is -2.52. The van der Waals surface area contributed by atoms with Crippen LogP contribution >= 0.6 is 0 Å². The van der Waals surface area contributed by atoms with E-state index in [1.165, 1.54) is 65.3 Å². The van der Waals surface area contributed by atoms with Gasteiger partial charge in [0.15, 0.2) is 24.8 Å². The van der Waals surface area contributed by atoms with Gasteiger partial charge in [0, 0.05) is 131 Å². The first-order chi connectivity index (χ1) is 44.6. The van der Waals surface area contributed by atoms with Crippen molar-refractivity contribution in [1.82, 2.24) is 19.9 Å². The molecule has 0 bridgehead atoms. The summed E-state index contributed by atoms with van der Waals surface area (Å²) < 4.78 is 207.